The number of amides is 2. The van der Waals surface area contributed by atoms with E-state index in [1.54, 1.807) is 31.4 Å². The van der Waals surface area contributed by atoms with Gasteiger partial charge in [0.15, 0.2) is 11.6 Å². The molecule has 3 aromatic carbocycles. The number of epoxide rings is 1. The van der Waals surface area contributed by atoms with Gasteiger partial charge in [-0.2, -0.15) is 0 Å². The first kappa shape index (κ1) is 35.5. The quantitative estimate of drug-likeness (QED) is 0.170. The Hall–Kier alpha value is -4.29. The van der Waals surface area contributed by atoms with Crippen LogP contribution in [0.4, 0.5) is 8.78 Å². The number of benzene rings is 3. The van der Waals surface area contributed by atoms with Crippen LogP contribution in [0.5, 0.6) is 0 Å². The van der Waals surface area contributed by atoms with Crippen molar-refractivity contribution >= 4 is 22.6 Å². The highest BCUT2D eigenvalue weighted by atomic mass is 19.2. The Morgan fingerprint density at radius 2 is 1.72 bits per heavy atom. The second-order valence-electron chi connectivity index (χ2n) is 13.3. The first-order valence-corrected chi connectivity index (χ1v) is 17.3. The van der Waals surface area contributed by atoms with Gasteiger partial charge in [0.05, 0.1) is 18.7 Å². The van der Waals surface area contributed by atoms with E-state index < -0.39 is 30.0 Å². The van der Waals surface area contributed by atoms with Crippen molar-refractivity contribution in [3.8, 4) is 0 Å². The molecule has 2 amide bonds. The summed E-state index contributed by atoms with van der Waals surface area (Å²) < 4.78 is 40.2. The number of hydrogen-bond acceptors (Lipinski definition) is 7. The third-order valence-corrected chi connectivity index (χ3v) is 9.81. The maximum Gasteiger partial charge on any atom is 0.248 e. The first-order valence-electron chi connectivity index (χ1n) is 17.3. The number of ether oxygens (including phenoxy) is 2. The lowest BCUT2D eigenvalue weighted by Gasteiger charge is -2.30. The number of nitrogens with one attached hydrogen (secondary N) is 2. The summed E-state index contributed by atoms with van der Waals surface area (Å²) >= 11 is 0. The molecule has 9 nitrogen and oxygen atoms in total. The van der Waals surface area contributed by atoms with Gasteiger partial charge in [-0.1, -0.05) is 48.5 Å². The average molecular weight is 686 g/mol. The minimum Gasteiger partial charge on any atom is -0.370 e. The zero-order chi connectivity index (χ0) is 35.0. The molecule has 2 aliphatic heterocycles. The van der Waals surface area contributed by atoms with Gasteiger partial charge in [0.25, 0.3) is 0 Å². The minimum atomic E-state index is -0.968. The molecular weight excluding hydrogens is 640 g/mol. The molecule has 2 saturated heterocycles. The SMILES string of the molecule is CN(C(=O)COC[C@H]1CCCN1)[C@H](Cc1ccc2ccccc2c1)C1OC1N(C)[C@H](Cc1ccc(F)c(F)c1)C(=O)NCCc1ccncc1. The summed E-state index contributed by atoms with van der Waals surface area (Å²) in [6, 6.07) is 21.0. The second-order valence-corrected chi connectivity index (χ2v) is 13.3. The predicted octanol–water partition coefficient (Wildman–Crippen LogP) is 4.28. The van der Waals surface area contributed by atoms with Gasteiger partial charge in [0.1, 0.15) is 18.9 Å². The van der Waals surface area contributed by atoms with Crippen LogP contribution >= 0.6 is 0 Å². The van der Waals surface area contributed by atoms with E-state index in [9.17, 15) is 18.4 Å². The Bertz CT molecular complexity index is 1760. The Kier molecular flexibility index (Phi) is 11.8. The molecule has 0 bridgehead atoms. The molecule has 1 aromatic heterocycles. The number of rotatable bonds is 16. The van der Waals surface area contributed by atoms with Gasteiger partial charge in [0.2, 0.25) is 11.8 Å². The lowest BCUT2D eigenvalue weighted by atomic mass is 9.98. The lowest BCUT2D eigenvalue weighted by molar-refractivity contribution is -0.137. The summed E-state index contributed by atoms with van der Waals surface area (Å²) in [4.78, 5) is 34.9. The van der Waals surface area contributed by atoms with Crippen molar-refractivity contribution in [2.75, 3.05) is 40.4 Å². The molecule has 5 atom stereocenters. The van der Waals surface area contributed by atoms with Crippen molar-refractivity contribution < 1.29 is 27.8 Å². The van der Waals surface area contributed by atoms with E-state index in [4.69, 9.17) is 9.47 Å². The standard InChI is InChI=1S/C39H45F2N5O4/c1-45(36(47)25-49-24-31-8-5-16-43-31)34(22-27-9-11-29-6-3-4-7-30(29)20-27)37-39(50-37)46(2)35(23-28-10-12-32(40)33(41)21-28)38(48)44-19-15-26-13-17-42-18-14-26/h3-4,6-7,9-14,17-18,20-21,31,34-35,37,39,43H,5,8,15-16,19,22-25H2,1-2H3,(H,44,48)/t31-,34-,35-,37?,39?/m1/s1. The Morgan fingerprint density at radius 1 is 0.960 bits per heavy atom. The smallest absolute Gasteiger partial charge is 0.248 e. The summed E-state index contributed by atoms with van der Waals surface area (Å²) in [7, 11) is 3.57. The van der Waals surface area contributed by atoms with Crippen LogP contribution in [-0.2, 0) is 38.3 Å². The number of carbonyl (C=O) groups is 2. The van der Waals surface area contributed by atoms with Gasteiger partial charge in [-0.3, -0.25) is 19.5 Å². The molecule has 2 fully saturated rings. The molecule has 6 rings (SSSR count). The largest absolute Gasteiger partial charge is 0.370 e. The van der Waals surface area contributed by atoms with Crippen molar-refractivity contribution in [1.82, 2.24) is 25.4 Å². The number of aromatic nitrogens is 1. The third kappa shape index (κ3) is 9.08. The number of hydrogen-bond donors (Lipinski definition) is 2. The summed E-state index contributed by atoms with van der Waals surface area (Å²) in [5.74, 6) is -2.33. The van der Waals surface area contributed by atoms with Crippen LogP contribution in [-0.4, -0.2) is 97.5 Å². The topological polar surface area (TPSA) is 99.3 Å². The van der Waals surface area contributed by atoms with Crippen LogP contribution in [0.3, 0.4) is 0 Å². The number of fused-ring (bicyclic) bond motifs is 1. The molecule has 3 heterocycles. The second kappa shape index (κ2) is 16.6. The average Bonchev–Trinajstić information content (AvgIpc) is 3.75. The molecular formula is C39H45F2N5O4. The zero-order valence-corrected chi connectivity index (χ0v) is 28.6. The van der Waals surface area contributed by atoms with E-state index in [0.717, 1.165) is 53.4 Å². The fourth-order valence-corrected chi connectivity index (χ4v) is 6.77. The fraction of sp³-hybridized carbons (Fsp3) is 0.410. The number of likely N-dealkylation sites (N-methyl/N-ethyl adjacent to an activating group) is 2. The van der Waals surface area contributed by atoms with Crippen LogP contribution in [0, 0.1) is 11.6 Å². The van der Waals surface area contributed by atoms with Crippen molar-refractivity contribution in [2.24, 2.45) is 0 Å². The molecule has 11 heteroatoms. The van der Waals surface area contributed by atoms with Crippen LogP contribution < -0.4 is 10.6 Å². The number of pyridine rings is 1. The summed E-state index contributed by atoms with van der Waals surface area (Å²) in [6.45, 7) is 1.78. The van der Waals surface area contributed by atoms with Gasteiger partial charge >= 0.3 is 0 Å². The van der Waals surface area contributed by atoms with Crippen LogP contribution in [0.1, 0.15) is 29.5 Å². The first-order chi connectivity index (χ1) is 24.3. The molecule has 0 aliphatic carbocycles. The molecule has 50 heavy (non-hydrogen) atoms. The Labute approximate surface area is 292 Å². The minimum absolute atomic E-state index is 0.0469. The van der Waals surface area contributed by atoms with Crippen molar-refractivity contribution in [1.29, 1.82) is 0 Å². The maximum absolute atomic E-state index is 14.2. The maximum atomic E-state index is 14.2. The van der Waals surface area contributed by atoms with E-state index in [1.807, 2.05) is 29.2 Å². The normalized spacial score (nSPS) is 19.7. The van der Waals surface area contributed by atoms with E-state index in [0.29, 0.717) is 31.6 Å². The predicted molar refractivity (Wildman–Crippen MR) is 187 cm³/mol. The molecule has 0 spiro atoms. The third-order valence-electron chi connectivity index (χ3n) is 9.81. The molecule has 0 saturated carbocycles. The van der Waals surface area contributed by atoms with E-state index in [2.05, 4.69) is 45.9 Å². The molecule has 2 aliphatic rings. The fourth-order valence-electron chi connectivity index (χ4n) is 6.77. The Morgan fingerprint density at radius 3 is 2.48 bits per heavy atom. The van der Waals surface area contributed by atoms with Gasteiger partial charge in [-0.05, 0) is 97.4 Å². The zero-order valence-electron chi connectivity index (χ0n) is 28.6. The highest BCUT2D eigenvalue weighted by Crippen LogP contribution is 2.34. The van der Waals surface area contributed by atoms with E-state index >= 15 is 0 Å². The van der Waals surface area contributed by atoms with E-state index in [1.165, 1.54) is 6.07 Å². The highest BCUT2D eigenvalue weighted by molar-refractivity contribution is 5.83. The monoisotopic (exact) mass is 685 g/mol. The van der Waals surface area contributed by atoms with E-state index in [-0.39, 0.29) is 36.9 Å². The van der Waals surface area contributed by atoms with Gasteiger partial charge in [0, 0.05) is 32.0 Å². The van der Waals surface area contributed by atoms with Crippen molar-refractivity contribution in [3.63, 3.8) is 0 Å². The summed E-state index contributed by atoms with van der Waals surface area (Å²) in [5.41, 5.74) is 2.56. The Balaban J connectivity index is 1.19. The summed E-state index contributed by atoms with van der Waals surface area (Å²) in [5, 5.41) is 8.64. The van der Waals surface area contributed by atoms with Crippen LogP contribution in [0.15, 0.2) is 85.2 Å². The lowest BCUT2D eigenvalue weighted by Crippen LogP contribution is -2.50. The highest BCUT2D eigenvalue weighted by Gasteiger charge is 2.52. The van der Waals surface area contributed by atoms with Crippen LogP contribution in [0.2, 0.25) is 0 Å². The number of nitrogens with zero attached hydrogens (tertiary/aromatic N) is 3. The van der Waals surface area contributed by atoms with Crippen molar-refractivity contribution in [3.05, 3.63) is 114 Å². The number of halogens is 2. The van der Waals surface area contributed by atoms with Gasteiger partial charge < -0.3 is 25.0 Å². The number of carbonyl (C=O) groups excluding carboxylic acids is 2. The molecule has 0 radical (unpaired) electrons. The van der Waals surface area contributed by atoms with Gasteiger partial charge in [-0.15, -0.1) is 0 Å². The van der Waals surface area contributed by atoms with Crippen LogP contribution in [0.25, 0.3) is 10.8 Å². The molecule has 4 aromatic rings. The van der Waals surface area contributed by atoms with Gasteiger partial charge in [-0.25, -0.2) is 8.78 Å². The molecule has 2 N–H and O–H groups in total. The molecule has 264 valence electrons. The summed E-state index contributed by atoms with van der Waals surface area (Å²) in [6.07, 6.45) is 5.90. The van der Waals surface area contributed by atoms with Crippen molar-refractivity contribution in [2.45, 2.75) is 62.6 Å². The molecule has 2 unspecified atom stereocenters.